The second-order valence-corrected chi connectivity index (χ2v) is 8.29. The van der Waals surface area contributed by atoms with Gasteiger partial charge in [-0.15, -0.1) is 11.8 Å². The third-order valence-electron chi connectivity index (χ3n) is 4.70. The van der Waals surface area contributed by atoms with Crippen molar-refractivity contribution in [3.63, 3.8) is 0 Å². The first-order chi connectivity index (χ1) is 11.7. The van der Waals surface area contributed by atoms with Crippen LogP contribution >= 0.6 is 23.5 Å². The number of nitrogens with zero attached hydrogens (tertiary/aromatic N) is 1. The lowest BCUT2D eigenvalue weighted by Crippen LogP contribution is -2.46. The van der Waals surface area contributed by atoms with E-state index in [0.717, 1.165) is 37.1 Å². The van der Waals surface area contributed by atoms with Crippen LogP contribution in [0.4, 0.5) is 5.69 Å². The van der Waals surface area contributed by atoms with Gasteiger partial charge in [-0.25, -0.2) is 0 Å². The van der Waals surface area contributed by atoms with Crippen LogP contribution in [0.3, 0.4) is 0 Å². The van der Waals surface area contributed by atoms with Crippen molar-refractivity contribution in [1.29, 1.82) is 0 Å². The Bertz CT molecular complexity index is 585. The first-order valence-electron chi connectivity index (χ1n) is 8.46. The maximum Gasteiger partial charge on any atom is 0.248 e. The maximum atomic E-state index is 12.7. The lowest BCUT2D eigenvalue weighted by Gasteiger charge is -2.25. The number of benzene rings is 1. The molecule has 1 aliphatic carbocycles. The van der Waals surface area contributed by atoms with Gasteiger partial charge in [0.2, 0.25) is 11.8 Å². The van der Waals surface area contributed by atoms with E-state index >= 15 is 0 Å². The number of hydrogen-bond acceptors (Lipinski definition) is 4. The minimum Gasteiger partial charge on any atom is -0.324 e. The number of thioether (sulfide) groups is 2. The molecule has 0 radical (unpaired) electrons. The fourth-order valence-electron chi connectivity index (χ4n) is 3.36. The highest BCUT2D eigenvalue weighted by Crippen LogP contribution is 2.31. The molecule has 6 heteroatoms. The predicted molar refractivity (Wildman–Crippen MR) is 102 cm³/mol. The molecule has 4 nitrogen and oxygen atoms in total. The summed E-state index contributed by atoms with van der Waals surface area (Å²) in [5.74, 6) is 2.54. The lowest BCUT2D eigenvalue weighted by molar-refractivity contribution is -0.139. The molecule has 24 heavy (non-hydrogen) atoms. The average Bonchev–Trinajstić information content (AvgIpc) is 3.28. The van der Waals surface area contributed by atoms with Crippen LogP contribution in [-0.4, -0.2) is 40.6 Å². The van der Waals surface area contributed by atoms with Crippen molar-refractivity contribution in [2.24, 2.45) is 5.92 Å². The molecule has 2 fully saturated rings. The van der Waals surface area contributed by atoms with Gasteiger partial charge in [-0.1, -0.05) is 25.0 Å². The molecular formula is C18H24N2O2S2. The third-order valence-corrected chi connectivity index (χ3v) is 6.34. The van der Waals surface area contributed by atoms with Crippen LogP contribution in [0.2, 0.25) is 0 Å². The van der Waals surface area contributed by atoms with Crippen LogP contribution in [0, 0.1) is 5.92 Å². The number of carbonyl (C=O) groups is 2. The summed E-state index contributed by atoms with van der Waals surface area (Å²) in [7, 11) is 0. The molecule has 3 rings (SSSR count). The van der Waals surface area contributed by atoms with E-state index in [-0.39, 0.29) is 23.8 Å². The zero-order valence-corrected chi connectivity index (χ0v) is 15.6. The number of carbonyl (C=O) groups excluding carboxylic acids is 2. The molecule has 0 aromatic heterocycles. The van der Waals surface area contributed by atoms with Crippen molar-refractivity contribution < 1.29 is 9.59 Å². The predicted octanol–water partition coefficient (Wildman–Crippen LogP) is 3.58. The summed E-state index contributed by atoms with van der Waals surface area (Å²) in [5.41, 5.74) is 2.05. The molecule has 2 aliphatic rings. The van der Waals surface area contributed by atoms with Crippen LogP contribution in [0.5, 0.6) is 0 Å². The second kappa shape index (κ2) is 8.30. The van der Waals surface area contributed by atoms with Crippen LogP contribution in [-0.2, 0) is 15.3 Å². The van der Waals surface area contributed by atoms with Gasteiger partial charge in [0.15, 0.2) is 0 Å². The SMILES string of the molecule is CSCc1ccc(NC(=O)C2CSCN2C(=O)C2CCCC2)cc1. The molecule has 1 aromatic carbocycles. The van der Waals surface area contributed by atoms with E-state index in [9.17, 15) is 9.59 Å². The largest absolute Gasteiger partial charge is 0.324 e. The van der Waals surface area contributed by atoms with E-state index in [1.54, 1.807) is 28.4 Å². The summed E-state index contributed by atoms with van der Waals surface area (Å²) < 4.78 is 0. The standard InChI is InChI=1S/C18H24N2O2S2/c1-23-10-13-6-8-15(9-7-13)19-17(21)16-11-24-12-20(16)18(22)14-4-2-3-5-14/h6-9,14,16H,2-5,10-12H2,1H3,(H,19,21). The van der Waals surface area contributed by atoms with Gasteiger partial charge in [0.25, 0.3) is 0 Å². The van der Waals surface area contributed by atoms with E-state index in [2.05, 4.69) is 11.6 Å². The topological polar surface area (TPSA) is 49.4 Å². The Morgan fingerprint density at radius 1 is 1.25 bits per heavy atom. The van der Waals surface area contributed by atoms with Gasteiger partial charge in [-0.2, -0.15) is 11.8 Å². The van der Waals surface area contributed by atoms with E-state index in [4.69, 9.17) is 0 Å². The summed E-state index contributed by atoms with van der Waals surface area (Å²) in [6.07, 6.45) is 6.30. The highest BCUT2D eigenvalue weighted by atomic mass is 32.2. The summed E-state index contributed by atoms with van der Waals surface area (Å²) in [5, 5.41) is 2.98. The molecule has 1 saturated heterocycles. The smallest absolute Gasteiger partial charge is 0.248 e. The number of amides is 2. The Labute approximate surface area is 152 Å². The normalized spacial score (nSPS) is 21.2. The Hall–Kier alpha value is -1.14. The Morgan fingerprint density at radius 2 is 1.96 bits per heavy atom. The van der Waals surface area contributed by atoms with Gasteiger partial charge < -0.3 is 10.2 Å². The van der Waals surface area contributed by atoms with Gasteiger partial charge in [-0.3, -0.25) is 9.59 Å². The molecule has 1 aliphatic heterocycles. The van der Waals surface area contributed by atoms with Crippen molar-refractivity contribution >= 4 is 41.0 Å². The van der Waals surface area contributed by atoms with Crippen molar-refractivity contribution in [2.75, 3.05) is 23.2 Å². The van der Waals surface area contributed by atoms with E-state index < -0.39 is 0 Å². The molecule has 1 N–H and O–H groups in total. The summed E-state index contributed by atoms with van der Waals surface area (Å²) in [4.78, 5) is 27.1. The molecule has 0 spiro atoms. The molecule has 130 valence electrons. The summed E-state index contributed by atoms with van der Waals surface area (Å²) in [6.45, 7) is 0. The summed E-state index contributed by atoms with van der Waals surface area (Å²) in [6, 6.07) is 7.62. The molecule has 1 aromatic rings. The zero-order valence-electron chi connectivity index (χ0n) is 14.0. The highest BCUT2D eigenvalue weighted by molar-refractivity contribution is 7.99. The van der Waals surface area contributed by atoms with Crippen LogP contribution in [0.25, 0.3) is 0 Å². The average molecular weight is 365 g/mol. The zero-order chi connectivity index (χ0) is 16.9. The minimum atomic E-state index is -0.339. The monoisotopic (exact) mass is 364 g/mol. The lowest BCUT2D eigenvalue weighted by atomic mass is 10.1. The fraction of sp³-hybridized carbons (Fsp3) is 0.556. The van der Waals surface area contributed by atoms with Crippen molar-refractivity contribution in [3.8, 4) is 0 Å². The molecule has 1 unspecified atom stereocenters. The molecule has 1 saturated carbocycles. The van der Waals surface area contributed by atoms with E-state index in [1.807, 2.05) is 24.3 Å². The molecule has 2 amide bonds. The number of anilines is 1. The van der Waals surface area contributed by atoms with Crippen LogP contribution in [0.15, 0.2) is 24.3 Å². The number of hydrogen-bond donors (Lipinski definition) is 1. The van der Waals surface area contributed by atoms with E-state index in [1.165, 1.54) is 5.56 Å². The molecular weight excluding hydrogens is 340 g/mol. The van der Waals surface area contributed by atoms with Gasteiger partial charge >= 0.3 is 0 Å². The second-order valence-electron chi connectivity index (χ2n) is 6.42. The van der Waals surface area contributed by atoms with Crippen LogP contribution in [0.1, 0.15) is 31.2 Å². The third kappa shape index (κ3) is 4.09. The first-order valence-corrected chi connectivity index (χ1v) is 11.0. The Kier molecular flexibility index (Phi) is 6.11. The molecule has 1 heterocycles. The number of rotatable bonds is 5. The van der Waals surface area contributed by atoms with Gasteiger partial charge in [0.1, 0.15) is 6.04 Å². The Morgan fingerprint density at radius 3 is 2.62 bits per heavy atom. The van der Waals surface area contributed by atoms with Crippen LogP contribution < -0.4 is 5.32 Å². The summed E-state index contributed by atoms with van der Waals surface area (Å²) >= 11 is 3.44. The van der Waals surface area contributed by atoms with E-state index in [0.29, 0.717) is 11.6 Å². The fourth-order valence-corrected chi connectivity index (χ4v) is 5.05. The number of nitrogens with one attached hydrogen (secondary N) is 1. The van der Waals surface area contributed by atoms with Crippen molar-refractivity contribution in [3.05, 3.63) is 29.8 Å². The van der Waals surface area contributed by atoms with Gasteiger partial charge in [0.05, 0.1) is 5.88 Å². The minimum absolute atomic E-state index is 0.0658. The van der Waals surface area contributed by atoms with Gasteiger partial charge in [-0.05, 0) is 36.8 Å². The Balaban J connectivity index is 1.61. The molecule has 1 atom stereocenters. The quantitative estimate of drug-likeness (QED) is 0.868. The van der Waals surface area contributed by atoms with Crippen molar-refractivity contribution in [1.82, 2.24) is 4.90 Å². The maximum absolute atomic E-state index is 12.7. The van der Waals surface area contributed by atoms with Gasteiger partial charge in [0, 0.05) is 23.1 Å². The first kappa shape index (κ1) is 17.7. The molecule has 0 bridgehead atoms. The van der Waals surface area contributed by atoms with Crippen molar-refractivity contribution in [2.45, 2.75) is 37.5 Å². The highest BCUT2D eigenvalue weighted by Gasteiger charge is 2.38.